The van der Waals surface area contributed by atoms with Crippen molar-refractivity contribution in [2.24, 2.45) is 5.92 Å². The first kappa shape index (κ1) is 25.7. The monoisotopic (exact) mass is 494 g/mol. The van der Waals surface area contributed by atoms with Crippen LogP contribution in [0, 0.1) is 26.7 Å². The Morgan fingerprint density at radius 2 is 0.971 bits per heavy atom. The van der Waals surface area contributed by atoms with Crippen LogP contribution in [0.2, 0.25) is 19.6 Å². The lowest BCUT2D eigenvalue weighted by Gasteiger charge is -2.39. The highest BCUT2D eigenvalue weighted by Gasteiger charge is 2.48. The predicted octanol–water partition coefficient (Wildman–Crippen LogP) is 6.47. The van der Waals surface area contributed by atoms with Crippen LogP contribution in [0.25, 0.3) is 0 Å². The summed E-state index contributed by atoms with van der Waals surface area (Å²) in [5.41, 5.74) is 8.57. The minimum absolute atomic E-state index is 0.445. The van der Waals surface area contributed by atoms with Crippen molar-refractivity contribution >= 4 is 36.9 Å². The second kappa shape index (κ2) is 9.22. The van der Waals surface area contributed by atoms with Crippen LogP contribution in [-0.4, -0.2) is 16.1 Å². The summed E-state index contributed by atoms with van der Waals surface area (Å²) in [6, 6.07) is 26.6. The van der Waals surface area contributed by atoms with Gasteiger partial charge < -0.3 is 0 Å². The van der Waals surface area contributed by atoms with E-state index in [0.29, 0.717) is 5.92 Å². The Morgan fingerprint density at radius 3 is 1.37 bits per heavy atom. The predicted molar refractivity (Wildman–Crippen MR) is 161 cm³/mol. The largest absolute Gasteiger partial charge is 0.176 e. The quantitative estimate of drug-likeness (QED) is 0.282. The van der Waals surface area contributed by atoms with Gasteiger partial charge in [-0.3, -0.25) is 0 Å². The molecule has 3 aromatic carbocycles. The zero-order valence-corrected chi connectivity index (χ0v) is 25.4. The maximum absolute atomic E-state index is 2.61. The Labute approximate surface area is 215 Å². The van der Waals surface area contributed by atoms with Crippen LogP contribution in [0.1, 0.15) is 44.4 Å². The number of rotatable bonds is 5. The fourth-order valence-corrected chi connectivity index (χ4v) is 13.1. The van der Waals surface area contributed by atoms with Gasteiger partial charge in [0.05, 0.1) is 8.07 Å². The normalized spacial score (nSPS) is 16.9. The van der Waals surface area contributed by atoms with Gasteiger partial charge in [-0.1, -0.05) is 132 Å². The van der Waals surface area contributed by atoms with Gasteiger partial charge in [-0.05, 0) is 68.6 Å². The van der Waals surface area contributed by atoms with Crippen LogP contribution >= 0.6 is 0 Å². The van der Waals surface area contributed by atoms with Crippen molar-refractivity contribution in [1.82, 2.24) is 0 Å². The molecule has 0 nitrogen and oxygen atoms in total. The molecule has 2 heteroatoms. The minimum atomic E-state index is -2.53. The fourth-order valence-electron chi connectivity index (χ4n) is 5.98. The molecule has 0 aliphatic heterocycles. The Kier molecular flexibility index (Phi) is 6.76. The molecule has 1 unspecified atom stereocenters. The van der Waals surface area contributed by atoms with Crippen molar-refractivity contribution in [1.29, 1.82) is 0 Å². The van der Waals surface area contributed by atoms with E-state index in [1.807, 2.05) is 0 Å². The lowest BCUT2D eigenvalue weighted by atomic mass is 10.1. The molecule has 1 aliphatic rings. The van der Waals surface area contributed by atoms with Gasteiger partial charge in [0.2, 0.25) is 0 Å². The number of hydrogen-bond donors (Lipinski definition) is 0. The van der Waals surface area contributed by atoms with Gasteiger partial charge in [0.25, 0.3) is 0 Å². The molecule has 0 fully saturated rings. The Hall–Kier alpha value is -2.43. The Morgan fingerprint density at radius 1 is 0.514 bits per heavy atom. The molecule has 0 radical (unpaired) electrons. The third-order valence-corrected chi connectivity index (χ3v) is 15.6. The highest BCUT2D eigenvalue weighted by atomic mass is 28.3. The molecule has 0 amide bonds. The van der Waals surface area contributed by atoms with E-state index in [-0.39, 0.29) is 0 Å². The molecule has 182 valence electrons. The van der Waals surface area contributed by atoms with Crippen LogP contribution in [0.5, 0.6) is 0 Å². The summed E-state index contributed by atoms with van der Waals surface area (Å²) in [7, 11) is -4.03. The van der Waals surface area contributed by atoms with E-state index < -0.39 is 16.1 Å². The van der Waals surface area contributed by atoms with Crippen LogP contribution < -0.4 is 20.7 Å². The first-order valence-electron chi connectivity index (χ1n) is 13.0. The number of aryl methyl sites for hydroxylation is 3. The van der Waals surface area contributed by atoms with E-state index in [4.69, 9.17) is 0 Å². The van der Waals surface area contributed by atoms with Gasteiger partial charge in [0.15, 0.2) is 8.07 Å². The van der Waals surface area contributed by atoms with Gasteiger partial charge in [-0.2, -0.15) is 0 Å². The van der Waals surface area contributed by atoms with Crippen molar-refractivity contribution in [2.75, 3.05) is 0 Å². The molecular formula is C33H42Si2. The molecule has 0 N–H and O–H groups in total. The molecule has 0 bridgehead atoms. The summed E-state index contributed by atoms with van der Waals surface area (Å²) in [4.78, 5) is 0. The van der Waals surface area contributed by atoms with E-state index in [1.54, 1.807) is 15.6 Å². The van der Waals surface area contributed by atoms with Crippen LogP contribution in [0.3, 0.4) is 0 Å². The average Bonchev–Trinajstić information content (AvgIpc) is 2.99. The second-order valence-corrected chi connectivity index (χ2v) is 20.7. The fraction of sp³-hybridized carbons (Fsp3) is 0.333. The maximum atomic E-state index is 2.61. The molecule has 0 saturated heterocycles. The van der Waals surface area contributed by atoms with Gasteiger partial charge in [-0.25, -0.2) is 0 Å². The Bertz CT molecular complexity index is 1270. The molecular weight excluding hydrogens is 453 g/mol. The zero-order valence-electron chi connectivity index (χ0n) is 23.4. The van der Waals surface area contributed by atoms with Crippen molar-refractivity contribution in [3.8, 4) is 0 Å². The third kappa shape index (κ3) is 4.36. The Balaban J connectivity index is 2.22. The molecule has 1 aliphatic carbocycles. The van der Waals surface area contributed by atoms with Crippen molar-refractivity contribution in [2.45, 2.75) is 68.1 Å². The zero-order chi connectivity index (χ0) is 25.7. The van der Waals surface area contributed by atoms with Gasteiger partial charge in [-0.15, -0.1) is 0 Å². The summed E-state index contributed by atoms with van der Waals surface area (Å²) in [6.45, 7) is 23.7. The second-order valence-electron chi connectivity index (χ2n) is 11.9. The number of benzene rings is 3. The lowest BCUT2D eigenvalue weighted by molar-refractivity contribution is 0.851. The number of allylic oxidation sites excluding steroid dienone is 4. The molecule has 3 aromatic rings. The van der Waals surface area contributed by atoms with E-state index in [2.05, 4.69) is 135 Å². The van der Waals surface area contributed by atoms with Gasteiger partial charge in [0, 0.05) is 0 Å². The summed E-state index contributed by atoms with van der Waals surface area (Å²) >= 11 is 0. The van der Waals surface area contributed by atoms with Crippen molar-refractivity contribution < 1.29 is 0 Å². The standard InChI is InChI=1S/C33H42Si2/c1-22-11-15-29(16-12-22)35(30-17-13-23(2)14-18-30,33-27(6)25(4)26(5)28(33)7)32-20-24(3)19-31(21-32)34(8,9)10/h11-21,27H,1-10H3. The third-order valence-electron chi connectivity index (χ3n) is 8.39. The van der Waals surface area contributed by atoms with Gasteiger partial charge in [0.1, 0.15) is 0 Å². The first-order valence-corrected chi connectivity index (χ1v) is 18.5. The molecule has 4 rings (SSSR count). The van der Waals surface area contributed by atoms with E-state index in [0.717, 1.165) is 0 Å². The highest BCUT2D eigenvalue weighted by Crippen LogP contribution is 2.41. The summed E-state index contributed by atoms with van der Waals surface area (Å²) in [5.74, 6) is 0.445. The average molecular weight is 495 g/mol. The molecule has 0 spiro atoms. The van der Waals surface area contributed by atoms with Crippen molar-refractivity contribution in [3.05, 3.63) is 105 Å². The first-order chi connectivity index (χ1) is 16.4. The molecule has 0 saturated carbocycles. The smallest absolute Gasteiger partial charge is 0.0656 e. The van der Waals surface area contributed by atoms with E-state index >= 15 is 0 Å². The number of hydrogen-bond acceptors (Lipinski definition) is 0. The maximum Gasteiger partial charge on any atom is 0.176 e. The highest BCUT2D eigenvalue weighted by molar-refractivity contribution is 7.16. The summed E-state index contributed by atoms with van der Waals surface area (Å²) in [5, 5.41) is 7.79. The summed E-state index contributed by atoms with van der Waals surface area (Å²) in [6.07, 6.45) is 0. The lowest BCUT2D eigenvalue weighted by Crippen LogP contribution is -2.70. The van der Waals surface area contributed by atoms with E-state index in [1.165, 1.54) is 43.8 Å². The van der Waals surface area contributed by atoms with Crippen LogP contribution in [0.4, 0.5) is 0 Å². The van der Waals surface area contributed by atoms with Crippen LogP contribution in [0.15, 0.2) is 88.6 Å². The molecule has 1 atom stereocenters. The molecule has 35 heavy (non-hydrogen) atoms. The molecule has 0 aromatic heterocycles. The van der Waals surface area contributed by atoms with Crippen LogP contribution in [-0.2, 0) is 0 Å². The minimum Gasteiger partial charge on any atom is -0.0656 e. The SMILES string of the molecule is CC1=C(C)C(C)C([Si](c2ccc(C)cc2)(c2ccc(C)cc2)c2cc(C)cc([Si](C)(C)C)c2)=C1C. The molecule has 0 heterocycles. The van der Waals surface area contributed by atoms with E-state index in [9.17, 15) is 0 Å². The van der Waals surface area contributed by atoms with Crippen molar-refractivity contribution in [3.63, 3.8) is 0 Å². The topological polar surface area (TPSA) is 0 Å². The van der Waals surface area contributed by atoms with Gasteiger partial charge >= 0.3 is 0 Å². The summed E-state index contributed by atoms with van der Waals surface area (Å²) < 4.78 is 0.